The van der Waals surface area contributed by atoms with Crippen LogP contribution in [0.25, 0.3) is 0 Å². The Morgan fingerprint density at radius 3 is 2.41 bits per heavy atom. The SMILES string of the molecule is COc1ccc(/C=N/O)c(OCCOc2ccc(Cl)cc2)c1. The summed E-state index contributed by atoms with van der Waals surface area (Å²) in [6.45, 7) is 0.705. The fourth-order valence-electron chi connectivity index (χ4n) is 1.78. The molecule has 2 rings (SSSR count). The Morgan fingerprint density at radius 2 is 1.73 bits per heavy atom. The van der Waals surface area contributed by atoms with Crippen LogP contribution in [0.4, 0.5) is 0 Å². The molecule has 0 fully saturated rings. The molecule has 0 aliphatic heterocycles. The van der Waals surface area contributed by atoms with Gasteiger partial charge in [0, 0.05) is 16.7 Å². The molecule has 0 saturated carbocycles. The largest absolute Gasteiger partial charge is 0.497 e. The second-order valence-corrected chi connectivity index (χ2v) is 4.74. The average molecular weight is 322 g/mol. The van der Waals surface area contributed by atoms with Crippen LogP contribution in [0.15, 0.2) is 47.6 Å². The minimum absolute atomic E-state index is 0.335. The molecule has 5 nitrogen and oxygen atoms in total. The molecule has 0 aliphatic rings. The summed E-state index contributed by atoms with van der Waals surface area (Å²) in [5.74, 6) is 1.93. The Balaban J connectivity index is 1.91. The van der Waals surface area contributed by atoms with Gasteiger partial charge in [0.1, 0.15) is 30.5 Å². The van der Waals surface area contributed by atoms with Gasteiger partial charge in [-0.05, 0) is 36.4 Å². The van der Waals surface area contributed by atoms with Crippen LogP contribution in [0, 0.1) is 0 Å². The van der Waals surface area contributed by atoms with Gasteiger partial charge in [-0.3, -0.25) is 0 Å². The van der Waals surface area contributed by atoms with Gasteiger partial charge in [-0.25, -0.2) is 0 Å². The maximum absolute atomic E-state index is 8.66. The Labute approximate surface area is 133 Å². The lowest BCUT2D eigenvalue weighted by Gasteiger charge is -2.11. The Morgan fingerprint density at radius 1 is 1.05 bits per heavy atom. The first-order valence-corrected chi connectivity index (χ1v) is 6.97. The fourth-order valence-corrected chi connectivity index (χ4v) is 1.90. The molecule has 0 heterocycles. The van der Waals surface area contributed by atoms with E-state index in [1.165, 1.54) is 6.21 Å². The molecule has 2 aromatic rings. The van der Waals surface area contributed by atoms with E-state index in [9.17, 15) is 0 Å². The van der Waals surface area contributed by atoms with Gasteiger partial charge in [-0.1, -0.05) is 16.8 Å². The molecule has 0 unspecified atom stereocenters. The van der Waals surface area contributed by atoms with Crippen molar-refractivity contribution in [2.75, 3.05) is 20.3 Å². The van der Waals surface area contributed by atoms with Crippen molar-refractivity contribution in [3.8, 4) is 17.2 Å². The summed E-state index contributed by atoms with van der Waals surface area (Å²) in [6, 6.07) is 12.3. The lowest BCUT2D eigenvalue weighted by atomic mass is 10.2. The number of hydrogen-bond acceptors (Lipinski definition) is 5. The molecule has 0 atom stereocenters. The predicted octanol–water partition coefficient (Wildman–Crippen LogP) is 3.61. The molecule has 0 amide bonds. The van der Waals surface area contributed by atoms with E-state index in [4.69, 9.17) is 31.0 Å². The average Bonchev–Trinajstić information content (AvgIpc) is 2.54. The van der Waals surface area contributed by atoms with Crippen molar-refractivity contribution in [2.45, 2.75) is 0 Å². The molecule has 0 spiro atoms. The zero-order valence-corrected chi connectivity index (χ0v) is 12.8. The molecular weight excluding hydrogens is 306 g/mol. The van der Waals surface area contributed by atoms with Crippen LogP contribution in [0.5, 0.6) is 17.2 Å². The lowest BCUT2D eigenvalue weighted by Crippen LogP contribution is -2.10. The van der Waals surface area contributed by atoms with Crippen molar-refractivity contribution in [3.05, 3.63) is 53.1 Å². The Bertz CT molecular complexity index is 629. The topological polar surface area (TPSA) is 60.3 Å². The number of nitrogens with zero attached hydrogens (tertiary/aromatic N) is 1. The zero-order chi connectivity index (χ0) is 15.8. The van der Waals surface area contributed by atoms with Crippen LogP contribution < -0.4 is 14.2 Å². The summed E-state index contributed by atoms with van der Waals surface area (Å²) in [6.07, 6.45) is 1.30. The maximum atomic E-state index is 8.66. The van der Waals surface area contributed by atoms with Crippen LogP contribution in [0.1, 0.15) is 5.56 Å². The quantitative estimate of drug-likeness (QED) is 0.366. The monoisotopic (exact) mass is 321 g/mol. The highest BCUT2D eigenvalue weighted by molar-refractivity contribution is 6.30. The van der Waals surface area contributed by atoms with Gasteiger partial charge < -0.3 is 19.4 Å². The number of ether oxygens (including phenoxy) is 3. The van der Waals surface area contributed by atoms with Gasteiger partial charge in [-0.15, -0.1) is 0 Å². The van der Waals surface area contributed by atoms with Crippen LogP contribution in [0.3, 0.4) is 0 Å². The standard InChI is InChI=1S/C16H16ClNO4/c1-20-15-5-2-12(11-18-19)16(10-15)22-9-8-21-14-6-3-13(17)4-7-14/h2-7,10-11,19H,8-9H2,1H3/b18-11+. The Kier molecular flexibility index (Phi) is 5.91. The number of benzene rings is 2. The number of oxime groups is 1. The Hall–Kier alpha value is -2.40. The van der Waals surface area contributed by atoms with Crippen molar-refractivity contribution < 1.29 is 19.4 Å². The highest BCUT2D eigenvalue weighted by Gasteiger charge is 2.05. The normalized spacial score (nSPS) is 10.6. The van der Waals surface area contributed by atoms with Gasteiger partial charge >= 0.3 is 0 Å². The first kappa shape index (κ1) is 16.0. The second-order valence-electron chi connectivity index (χ2n) is 4.30. The number of rotatable bonds is 7. The molecule has 22 heavy (non-hydrogen) atoms. The van der Waals surface area contributed by atoms with E-state index in [1.54, 1.807) is 49.6 Å². The molecule has 2 aromatic carbocycles. The van der Waals surface area contributed by atoms with Crippen molar-refractivity contribution in [1.82, 2.24) is 0 Å². The first-order valence-electron chi connectivity index (χ1n) is 6.59. The van der Waals surface area contributed by atoms with Gasteiger partial charge in [0.15, 0.2) is 0 Å². The van der Waals surface area contributed by atoms with Gasteiger partial charge in [0.05, 0.1) is 13.3 Å². The van der Waals surface area contributed by atoms with Crippen molar-refractivity contribution in [2.24, 2.45) is 5.16 Å². The van der Waals surface area contributed by atoms with Crippen LogP contribution >= 0.6 is 11.6 Å². The summed E-state index contributed by atoms with van der Waals surface area (Å²) < 4.78 is 16.3. The number of hydrogen-bond donors (Lipinski definition) is 1. The molecule has 0 radical (unpaired) electrons. The summed E-state index contributed by atoms with van der Waals surface area (Å²) in [7, 11) is 1.57. The highest BCUT2D eigenvalue weighted by Crippen LogP contribution is 2.23. The third-order valence-corrected chi connectivity index (χ3v) is 3.09. The third-order valence-electron chi connectivity index (χ3n) is 2.84. The molecule has 0 bridgehead atoms. The minimum Gasteiger partial charge on any atom is -0.497 e. The van der Waals surface area contributed by atoms with Crippen molar-refractivity contribution in [3.63, 3.8) is 0 Å². The van der Waals surface area contributed by atoms with Crippen LogP contribution in [-0.4, -0.2) is 31.7 Å². The van der Waals surface area contributed by atoms with Crippen molar-refractivity contribution >= 4 is 17.8 Å². The van der Waals surface area contributed by atoms with Gasteiger partial charge in [0.25, 0.3) is 0 Å². The van der Waals surface area contributed by atoms with Crippen LogP contribution in [0.2, 0.25) is 5.02 Å². The van der Waals surface area contributed by atoms with E-state index < -0.39 is 0 Å². The molecule has 116 valence electrons. The van der Waals surface area contributed by atoms with E-state index in [-0.39, 0.29) is 0 Å². The summed E-state index contributed by atoms with van der Waals surface area (Å²) >= 11 is 5.80. The fraction of sp³-hybridized carbons (Fsp3) is 0.188. The van der Waals surface area contributed by atoms with E-state index in [1.807, 2.05) is 0 Å². The van der Waals surface area contributed by atoms with Gasteiger partial charge in [-0.2, -0.15) is 0 Å². The summed E-state index contributed by atoms with van der Waals surface area (Å²) in [5.41, 5.74) is 0.648. The molecular formula is C16H16ClNO4. The van der Waals surface area contributed by atoms with Crippen molar-refractivity contribution in [1.29, 1.82) is 0 Å². The lowest BCUT2D eigenvalue weighted by molar-refractivity contribution is 0.216. The maximum Gasteiger partial charge on any atom is 0.132 e. The zero-order valence-electron chi connectivity index (χ0n) is 12.0. The van der Waals surface area contributed by atoms with E-state index in [0.717, 1.165) is 5.75 Å². The second kappa shape index (κ2) is 8.14. The summed E-state index contributed by atoms with van der Waals surface area (Å²) in [4.78, 5) is 0. The molecule has 1 N–H and O–H groups in total. The van der Waals surface area contributed by atoms with E-state index >= 15 is 0 Å². The highest BCUT2D eigenvalue weighted by atomic mass is 35.5. The van der Waals surface area contributed by atoms with E-state index in [2.05, 4.69) is 5.16 Å². The third kappa shape index (κ3) is 4.56. The number of halogens is 1. The smallest absolute Gasteiger partial charge is 0.132 e. The predicted molar refractivity (Wildman–Crippen MR) is 84.8 cm³/mol. The van der Waals surface area contributed by atoms with Gasteiger partial charge in [0.2, 0.25) is 0 Å². The number of methoxy groups -OCH3 is 1. The molecule has 6 heteroatoms. The van der Waals surface area contributed by atoms with Crippen LogP contribution in [-0.2, 0) is 0 Å². The first-order chi connectivity index (χ1) is 10.7. The molecule has 0 saturated heterocycles. The summed E-state index contributed by atoms with van der Waals surface area (Å²) in [5, 5.41) is 12.3. The minimum atomic E-state index is 0.335. The van der Waals surface area contributed by atoms with E-state index in [0.29, 0.717) is 35.3 Å². The molecule has 0 aromatic heterocycles. The molecule has 0 aliphatic carbocycles.